The molecule has 1 aromatic carbocycles. The van der Waals surface area contributed by atoms with Crippen molar-refractivity contribution in [2.24, 2.45) is 5.92 Å². The van der Waals surface area contributed by atoms with Crippen LogP contribution in [0, 0.1) is 5.92 Å². The van der Waals surface area contributed by atoms with Crippen molar-refractivity contribution in [2.45, 2.75) is 5.92 Å². The minimum atomic E-state index is -1.05. The lowest BCUT2D eigenvalue weighted by molar-refractivity contribution is -0.159. The maximum absolute atomic E-state index is 12.1. The van der Waals surface area contributed by atoms with Gasteiger partial charge >= 0.3 is 11.9 Å². The van der Waals surface area contributed by atoms with Gasteiger partial charge in [0.15, 0.2) is 5.92 Å². The number of methoxy groups -OCH3 is 2. The van der Waals surface area contributed by atoms with Gasteiger partial charge in [-0.25, -0.2) is 0 Å². The Morgan fingerprint density at radius 3 is 2.05 bits per heavy atom. The summed E-state index contributed by atoms with van der Waals surface area (Å²) in [4.78, 5) is 27.2. The standard InChI is InChI=1S/C16H17NO4/c1-20-15(18)14(16(19)21-2)13(12-9-6-10-17-12)11-7-4-3-5-8-11/h3-10,13-14,17H,1-2H3. The predicted octanol–water partition coefficient (Wildman–Crippen LogP) is 2.11. The van der Waals surface area contributed by atoms with Crippen molar-refractivity contribution in [1.29, 1.82) is 0 Å². The molecule has 0 amide bonds. The van der Waals surface area contributed by atoms with Gasteiger partial charge in [-0.3, -0.25) is 9.59 Å². The first kappa shape index (κ1) is 14.8. The van der Waals surface area contributed by atoms with Crippen LogP contribution in [0.15, 0.2) is 48.7 Å². The summed E-state index contributed by atoms with van der Waals surface area (Å²) in [6.45, 7) is 0. The van der Waals surface area contributed by atoms with Crippen LogP contribution in [0.5, 0.6) is 0 Å². The van der Waals surface area contributed by atoms with E-state index in [0.29, 0.717) is 0 Å². The Morgan fingerprint density at radius 2 is 1.57 bits per heavy atom. The van der Waals surface area contributed by atoms with Gasteiger partial charge in [0.25, 0.3) is 0 Å². The molecule has 0 aliphatic rings. The Hall–Kier alpha value is -2.56. The van der Waals surface area contributed by atoms with Crippen molar-refractivity contribution in [1.82, 2.24) is 4.98 Å². The molecule has 5 nitrogen and oxygen atoms in total. The Balaban J connectivity index is 2.52. The van der Waals surface area contributed by atoms with Gasteiger partial charge in [0.2, 0.25) is 0 Å². The highest BCUT2D eigenvalue weighted by atomic mass is 16.5. The second kappa shape index (κ2) is 6.74. The monoisotopic (exact) mass is 287 g/mol. The predicted molar refractivity (Wildman–Crippen MR) is 76.6 cm³/mol. The molecule has 2 rings (SSSR count). The number of carbonyl (C=O) groups excluding carboxylic acids is 2. The molecule has 2 aromatic rings. The maximum Gasteiger partial charge on any atom is 0.321 e. The van der Waals surface area contributed by atoms with E-state index < -0.39 is 23.8 Å². The molecular formula is C16H17NO4. The second-order valence-electron chi connectivity index (χ2n) is 4.54. The van der Waals surface area contributed by atoms with E-state index in [0.717, 1.165) is 11.3 Å². The number of hydrogen-bond donors (Lipinski definition) is 1. The molecule has 0 aliphatic carbocycles. The van der Waals surface area contributed by atoms with E-state index in [-0.39, 0.29) is 0 Å². The summed E-state index contributed by atoms with van der Waals surface area (Å²) in [6.07, 6.45) is 1.75. The summed E-state index contributed by atoms with van der Waals surface area (Å²) in [5.41, 5.74) is 1.59. The SMILES string of the molecule is COC(=O)C(C(=O)OC)C(c1ccccc1)c1ccc[nH]1. The third kappa shape index (κ3) is 3.13. The van der Waals surface area contributed by atoms with Crippen molar-refractivity contribution < 1.29 is 19.1 Å². The third-order valence-corrected chi connectivity index (χ3v) is 3.36. The number of aromatic amines is 1. The van der Waals surface area contributed by atoms with Crippen LogP contribution in [0.4, 0.5) is 0 Å². The molecule has 0 fully saturated rings. The molecule has 1 unspecified atom stereocenters. The van der Waals surface area contributed by atoms with Crippen LogP contribution in [-0.4, -0.2) is 31.1 Å². The average molecular weight is 287 g/mol. The van der Waals surface area contributed by atoms with Crippen LogP contribution in [0.1, 0.15) is 17.2 Å². The molecule has 110 valence electrons. The molecular weight excluding hydrogens is 270 g/mol. The number of aromatic nitrogens is 1. The summed E-state index contributed by atoms with van der Waals surface area (Å²) in [7, 11) is 2.52. The van der Waals surface area contributed by atoms with E-state index in [1.807, 2.05) is 42.5 Å². The van der Waals surface area contributed by atoms with Gasteiger partial charge in [-0.05, 0) is 17.7 Å². The lowest BCUT2D eigenvalue weighted by Gasteiger charge is -2.23. The summed E-state index contributed by atoms with van der Waals surface area (Å²) < 4.78 is 9.56. The van der Waals surface area contributed by atoms with Crippen molar-refractivity contribution in [2.75, 3.05) is 14.2 Å². The fourth-order valence-corrected chi connectivity index (χ4v) is 2.37. The topological polar surface area (TPSA) is 68.4 Å². The van der Waals surface area contributed by atoms with Crippen LogP contribution in [0.25, 0.3) is 0 Å². The van der Waals surface area contributed by atoms with E-state index in [2.05, 4.69) is 4.98 Å². The van der Waals surface area contributed by atoms with Crippen LogP contribution in [0.2, 0.25) is 0 Å². The molecule has 1 N–H and O–H groups in total. The minimum Gasteiger partial charge on any atom is -0.468 e. The van der Waals surface area contributed by atoms with E-state index >= 15 is 0 Å². The molecule has 1 atom stereocenters. The highest BCUT2D eigenvalue weighted by molar-refractivity contribution is 5.96. The number of carbonyl (C=O) groups is 2. The highest BCUT2D eigenvalue weighted by Gasteiger charge is 2.39. The number of benzene rings is 1. The Bertz CT molecular complexity index is 576. The molecule has 0 saturated heterocycles. The van der Waals surface area contributed by atoms with Crippen LogP contribution in [0.3, 0.4) is 0 Å². The lowest BCUT2D eigenvalue weighted by Crippen LogP contribution is -2.33. The van der Waals surface area contributed by atoms with Crippen molar-refractivity contribution in [3.8, 4) is 0 Å². The van der Waals surface area contributed by atoms with E-state index in [9.17, 15) is 9.59 Å². The van der Waals surface area contributed by atoms with Gasteiger partial charge in [-0.15, -0.1) is 0 Å². The lowest BCUT2D eigenvalue weighted by atomic mass is 9.83. The maximum atomic E-state index is 12.1. The van der Waals surface area contributed by atoms with Gasteiger partial charge in [0.1, 0.15) is 0 Å². The number of nitrogens with one attached hydrogen (secondary N) is 1. The van der Waals surface area contributed by atoms with Crippen molar-refractivity contribution >= 4 is 11.9 Å². The number of rotatable bonds is 5. The van der Waals surface area contributed by atoms with Crippen LogP contribution in [-0.2, 0) is 19.1 Å². The first-order chi connectivity index (χ1) is 10.2. The Kier molecular flexibility index (Phi) is 4.77. The quantitative estimate of drug-likeness (QED) is 0.675. The molecule has 0 spiro atoms. The van der Waals surface area contributed by atoms with E-state index in [1.165, 1.54) is 14.2 Å². The number of esters is 2. The summed E-state index contributed by atoms with van der Waals surface area (Å²) in [5.74, 6) is -2.78. The molecule has 1 heterocycles. The summed E-state index contributed by atoms with van der Waals surface area (Å²) in [5, 5.41) is 0. The first-order valence-corrected chi connectivity index (χ1v) is 6.53. The van der Waals surface area contributed by atoms with E-state index in [1.54, 1.807) is 6.20 Å². The molecule has 1 aromatic heterocycles. The van der Waals surface area contributed by atoms with Crippen molar-refractivity contribution in [3.05, 3.63) is 59.9 Å². The smallest absolute Gasteiger partial charge is 0.321 e. The molecule has 0 saturated carbocycles. The van der Waals surface area contributed by atoms with Gasteiger partial charge in [0.05, 0.1) is 14.2 Å². The zero-order valence-electron chi connectivity index (χ0n) is 11.9. The fraction of sp³-hybridized carbons (Fsp3) is 0.250. The number of hydrogen-bond acceptors (Lipinski definition) is 4. The molecule has 0 aliphatic heterocycles. The molecule has 21 heavy (non-hydrogen) atoms. The zero-order chi connectivity index (χ0) is 15.2. The average Bonchev–Trinajstić information content (AvgIpc) is 3.05. The van der Waals surface area contributed by atoms with Gasteiger partial charge in [-0.1, -0.05) is 30.3 Å². The summed E-state index contributed by atoms with van der Waals surface area (Å²) >= 11 is 0. The fourth-order valence-electron chi connectivity index (χ4n) is 2.37. The Morgan fingerprint density at radius 1 is 0.952 bits per heavy atom. The van der Waals surface area contributed by atoms with Gasteiger partial charge in [0, 0.05) is 17.8 Å². The number of ether oxygens (including phenoxy) is 2. The molecule has 5 heteroatoms. The van der Waals surface area contributed by atoms with Gasteiger partial charge in [-0.2, -0.15) is 0 Å². The van der Waals surface area contributed by atoms with E-state index in [4.69, 9.17) is 9.47 Å². The molecule has 0 radical (unpaired) electrons. The Labute approximate surface area is 122 Å². The normalized spacial score (nSPS) is 12.0. The van der Waals surface area contributed by atoms with Crippen LogP contribution < -0.4 is 0 Å². The van der Waals surface area contributed by atoms with Gasteiger partial charge < -0.3 is 14.5 Å². The minimum absolute atomic E-state index is 0.485. The number of H-pyrrole nitrogens is 1. The second-order valence-corrected chi connectivity index (χ2v) is 4.54. The third-order valence-electron chi connectivity index (χ3n) is 3.36. The molecule has 0 bridgehead atoms. The largest absolute Gasteiger partial charge is 0.468 e. The highest BCUT2D eigenvalue weighted by Crippen LogP contribution is 2.32. The first-order valence-electron chi connectivity index (χ1n) is 6.53. The zero-order valence-corrected chi connectivity index (χ0v) is 11.9. The van der Waals surface area contributed by atoms with Crippen molar-refractivity contribution in [3.63, 3.8) is 0 Å². The summed E-state index contributed by atoms with van der Waals surface area (Å²) in [6, 6.07) is 13.0. The van der Waals surface area contributed by atoms with Crippen LogP contribution >= 0.6 is 0 Å².